The summed E-state index contributed by atoms with van der Waals surface area (Å²) in [5.74, 6) is 0.718. The lowest BCUT2D eigenvalue weighted by Gasteiger charge is -2.22. The Kier molecular flexibility index (Phi) is 2.02. The molecule has 0 amide bonds. The summed E-state index contributed by atoms with van der Waals surface area (Å²) >= 11 is 0. The fourth-order valence-electron chi connectivity index (χ4n) is 1.22. The molecule has 0 aromatic heterocycles. The summed E-state index contributed by atoms with van der Waals surface area (Å²) in [6.07, 6.45) is 2.29. The topological polar surface area (TPSA) is 35.2 Å². The van der Waals surface area contributed by atoms with Gasteiger partial charge in [-0.05, 0) is 32.6 Å². The molecule has 60 valence electrons. The van der Waals surface area contributed by atoms with E-state index in [-0.39, 0.29) is 5.60 Å². The molecular weight excluding hydrogens is 126 g/mol. The van der Waals surface area contributed by atoms with E-state index in [1.165, 1.54) is 6.42 Å². The summed E-state index contributed by atoms with van der Waals surface area (Å²) in [5.41, 5.74) is 5.70. The van der Waals surface area contributed by atoms with Gasteiger partial charge in [-0.1, -0.05) is 0 Å². The van der Waals surface area contributed by atoms with Crippen molar-refractivity contribution in [2.24, 2.45) is 11.7 Å². The van der Waals surface area contributed by atoms with E-state index < -0.39 is 0 Å². The van der Waals surface area contributed by atoms with Crippen LogP contribution in [0.4, 0.5) is 0 Å². The summed E-state index contributed by atoms with van der Waals surface area (Å²) in [5, 5.41) is 0. The summed E-state index contributed by atoms with van der Waals surface area (Å²) in [6, 6.07) is 0.453. The third-order valence-corrected chi connectivity index (χ3v) is 2.28. The summed E-state index contributed by atoms with van der Waals surface area (Å²) in [4.78, 5) is 0. The van der Waals surface area contributed by atoms with Crippen LogP contribution in [0.15, 0.2) is 0 Å². The number of nitrogens with two attached hydrogens (primary N) is 1. The average Bonchev–Trinajstić information content (AvgIpc) is 2.46. The minimum absolute atomic E-state index is 0.0266. The standard InChI is InChI=1S/C8H17NO/c1-8(2,10-3)5-6-4-7(6)9/h6-7H,4-5,9H2,1-3H3/t6-,7+/m0/s1. The molecule has 2 nitrogen and oxygen atoms in total. The van der Waals surface area contributed by atoms with Crippen molar-refractivity contribution >= 4 is 0 Å². The number of hydrogen-bond acceptors (Lipinski definition) is 2. The molecule has 0 spiro atoms. The predicted octanol–water partition coefficient (Wildman–Crippen LogP) is 1.15. The van der Waals surface area contributed by atoms with Crippen LogP contribution < -0.4 is 5.73 Å². The van der Waals surface area contributed by atoms with E-state index in [2.05, 4.69) is 13.8 Å². The Labute approximate surface area is 62.7 Å². The average molecular weight is 143 g/mol. The van der Waals surface area contributed by atoms with Gasteiger partial charge in [0.2, 0.25) is 0 Å². The molecule has 0 heterocycles. The lowest BCUT2D eigenvalue weighted by atomic mass is 10.0. The number of ether oxygens (including phenoxy) is 1. The zero-order chi connectivity index (χ0) is 7.78. The van der Waals surface area contributed by atoms with Crippen molar-refractivity contribution in [3.63, 3.8) is 0 Å². The maximum absolute atomic E-state index is 5.67. The minimum Gasteiger partial charge on any atom is -0.379 e. The van der Waals surface area contributed by atoms with Crippen LogP contribution in [0.1, 0.15) is 26.7 Å². The number of methoxy groups -OCH3 is 1. The second kappa shape index (κ2) is 2.51. The van der Waals surface area contributed by atoms with Crippen molar-refractivity contribution in [1.29, 1.82) is 0 Å². The quantitative estimate of drug-likeness (QED) is 0.643. The highest BCUT2D eigenvalue weighted by atomic mass is 16.5. The maximum atomic E-state index is 5.67. The van der Waals surface area contributed by atoms with Crippen molar-refractivity contribution < 1.29 is 4.74 Å². The molecule has 2 heteroatoms. The van der Waals surface area contributed by atoms with E-state index in [0.29, 0.717) is 6.04 Å². The van der Waals surface area contributed by atoms with E-state index in [1.54, 1.807) is 7.11 Å². The monoisotopic (exact) mass is 143 g/mol. The molecule has 0 radical (unpaired) electrons. The zero-order valence-corrected chi connectivity index (χ0v) is 7.05. The van der Waals surface area contributed by atoms with Crippen molar-refractivity contribution in [2.75, 3.05) is 7.11 Å². The normalized spacial score (nSPS) is 32.4. The molecule has 0 unspecified atom stereocenters. The van der Waals surface area contributed by atoms with Gasteiger partial charge >= 0.3 is 0 Å². The van der Waals surface area contributed by atoms with Gasteiger partial charge in [-0.25, -0.2) is 0 Å². The number of rotatable bonds is 3. The first-order valence-electron chi connectivity index (χ1n) is 3.86. The molecular formula is C8H17NO. The van der Waals surface area contributed by atoms with Crippen LogP contribution in [-0.2, 0) is 4.74 Å². The van der Waals surface area contributed by atoms with Crippen LogP contribution in [0.25, 0.3) is 0 Å². The Morgan fingerprint density at radius 2 is 2.10 bits per heavy atom. The van der Waals surface area contributed by atoms with Crippen LogP contribution in [0.5, 0.6) is 0 Å². The summed E-state index contributed by atoms with van der Waals surface area (Å²) in [6.45, 7) is 4.22. The smallest absolute Gasteiger partial charge is 0.0626 e. The summed E-state index contributed by atoms with van der Waals surface area (Å²) < 4.78 is 5.28. The highest BCUT2D eigenvalue weighted by molar-refractivity contribution is 4.93. The first kappa shape index (κ1) is 8.02. The predicted molar refractivity (Wildman–Crippen MR) is 41.8 cm³/mol. The highest BCUT2D eigenvalue weighted by Crippen LogP contribution is 2.36. The molecule has 0 aliphatic heterocycles. The van der Waals surface area contributed by atoms with Gasteiger partial charge in [0.15, 0.2) is 0 Å². The van der Waals surface area contributed by atoms with Crippen LogP contribution >= 0.6 is 0 Å². The first-order valence-corrected chi connectivity index (χ1v) is 3.86. The molecule has 2 N–H and O–H groups in total. The Morgan fingerprint density at radius 1 is 1.60 bits per heavy atom. The first-order chi connectivity index (χ1) is 4.55. The number of hydrogen-bond donors (Lipinski definition) is 1. The molecule has 1 fully saturated rings. The second-order valence-electron chi connectivity index (χ2n) is 3.83. The molecule has 0 aromatic carbocycles. The van der Waals surface area contributed by atoms with E-state index in [1.807, 2.05) is 0 Å². The van der Waals surface area contributed by atoms with Gasteiger partial charge in [0.25, 0.3) is 0 Å². The van der Waals surface area contributed by atoms with E-state index in [0.717, 1.165) is 12.3 Å². The van der Waals surface area contributed by atoms with Crippen molar-refractivity contribution in [2.45, 2.75) is 38.3 Å². The van der Waals surface area contributed by atoms with Crippen LogP contribution in [-0.4, -0.2) is 18.8 Å². The minimum atomic E-state index is 0.0266. The molecule has 2 atom stereocenters. The van der Waals surface area contributed by atoms with Crippen molar-refractivity contribution in [3.05, 3.63) is 0 Å². The zero-order valence-electron chi connectivity index (χ0n) is 7.05. The van der Waals surface area contributed by atoms with Crippen LogP contribution in [0.2, 0.25) is 0 Å². The lowest BCUT2D eigenvalue weighted by molar-refractivity contribution is 0.0105. The van der Waals surface area contributed by atoms with E-state index >= 15 is 0 Å². The van der Waals surface area contributed by atoms with Gasteiger partial charge < -0.3 is 10.5 Å². The third kappa shape index (κ3) is 1.96. The van der Waals surface area contributed by atoms with Gasteiger partial charge in [0.1, 0.15) is 0 Å². The Balaban J connectivity index is 2.24. The molecule has 0 saturated heterocycles. The fourth-order valence-corrected chi connectivity index (χ4v) is 1.22. The van der Waals surface area contributed by atoms with Gasteiger partial charge in [0, 0.05) is 13.2 Å². The van der Waals surface area contributed by atoms with Crippen molar-refractivity contribution in [1.82, 2.24) is 0 Å². The third-order valence-electron chi connectivity index (χ3n) is 2.28. The molecule has 0 bridgehead atoms. The molecule has 1 rings (SSSR count). The molecule has 1 aliphatic carbocycles. The summed E-state index contributed by atoms with van der Waals surface area (Å²) in [7, 11) is 1.76. The van der Waals surface area contributed by atoms with Gasteiger partial charge in [-0.3, -0.25) is 0 Å². The maximum Gasteiger partial charge on any atom is 0.0626 e. The molecule has 10 heavy (non-hydrogen) atoms. The van der Waals surface area contributed by atoms with Crippen LogP contribution in [0, 0.1) is 5.92 Å². The van der Waals surface area contributed by atoms with Crippen molar-refractivity contribution in [3.8, 4) is 0 Å². The lowest BCUT2D eigenvalue weighted by Crippen LogP contribution is -2.24. The van der Waals surface area contributed by atoms with Crippen LogP contribution in [0.3, 0.4) is 0 Å². The largest absolute Gasteiger partial charge is 0.379 e. The fraction of sp³-hybridized carbons (Fsp3) is 1.00. The second-order valence-corrected chi connectivity index (χ2v) is 3.83. The highest BCUT2D eigenvalue weighted by Gasteiger charge is 2.37. The molecule has 1 saturated carbocycles. The van der Waals surface area contributed by atoms with Gasteiger partial charge in [0.05, 0.1) is 5.60 Å². The Bertz CT molecular complexity index is 122. The molecule has 0 aromatic rings. The Morgan fingerprint density at radius 3 is 2.40 bits per heavy atom. The van der Waals surface area contributed by atoms with E-state index in [4.69, 9.17) is 10.5 Å². The Hall–Kier alpha value is -0.0800. The van der Waals surface area contributed by atoms with E-state index in [9.17, 15) is 0 Å². The SMILES string of the molecule is COC(C)(C)C[C@@H]1C[C@H]1N. The van der Waals surface area contributed by atoms with Gasteiger partial charge in [-0.15, -0.1) is 0 Å². The van der Waals surface area contributed by atoms with Gasteiger partial charge in [-0.2, -0.15) is 0 Å². The molecule has 1 aliphatic rings.